The number of piperazine rings is 1. The molecule has 8 nitrogen and oxygen atoms in total. The lowest BCUT2D eigenvalue weighted by Crippen LogP contribution is -2.54. The van der Waals surface area contributed by atoms with Crippen molar-refractivity contribution in [2.75, 3.05) is 33.2 Å². The Hall–Kier alpha value is -2.12. The molecule has 0 aromatic heterocycles. The van der Waals surface area contributed by atoms with Crippen LogP contribution >= 0.6 is 0 Å². The summed E-state index contributed by atoms with van der Waals surface area (Å²) in [4.78, 5) is 52.3. The van der Waals surface area contributed by atoms with E-state index in [2.05, 4.69) is 5.32 Å². The number of rotatable bonds is 8. The van der Waals surface area contributed by atoms with Crippen LogP contribution in [0, 0.1) is 22.7 Å². The molecule has 1 saturated heterocycles. The predicted molar refractivity (Wildman–Crippen MR) is 110 cm³/mol. The number of aliphatic carboxylic acids is 1. The fourth-order valence-electron chi connectivity index (χ4n) is 4.00. The molecule has 2 N–H and O–H groups in total. The molecule has 0 aliphatic carbocycles. The maximum absolute atomic E-state index is 13.0. The Morgan fingerprint density at radius 1 is 0.862 bits per heavy atom. The summed E-state index contributed by atoms with van der Waals surface area (Å²) in [6.45, 7) is 12.3. The molecule has 2 atom stereocenters. The van der Waals surface area contributed by atoms with Gasteiger partial charge in [0.2, 0.25) is 17.7 Å². The minimum Gasteiger partial charge on any atom is -0.481 e. The molecule has 166 valence electrons. The van der Waals surface area contributed by atoms with E-state index in [1.54, 1.807) is 37.6 Å². The van der Waals surface area contributed by atoms with Crippen LogP contribution in [0.1, 0.15) is 54.4 Å². The van der Waals surface area contributed by atoms with Gasteiger partial charge in [0.15, 0.2) is 0 Å². The van der Waals surface area contributed by atoms with Crippen molar-refractivity contribution in [3.05, 3.63) is 0 Å². The van der Waals surface area contributed by atoms with Gasteiger partial charge in [-0.3, -0.25) is 19.2 Å². The normalized spacial score (nSPS) is 17.5. The number of hydrogen-bond donors (Lipinski definition) is 2. The van der Waals surface area contributed by atoms with Gasteiger partial charge in [-0.25, -0.2) is 0 Å². The van der Waals surface area contributed by atoms with Crippen LogP contribution in [0.2, 0.25) is 0 Å². The van der Waals surface area contributed by atoms with E-state index in [1.165, 1.54) is 0 Å². The first-order chi connectivity index (χ1) is 13.2. The van der Waals surface area contributed by atoms with Crippen molar-refractivity contribution >= 4 is 23.7 Å². The van der Waals surface area contributed by atoms with Crippen molar-refractivity contribution in [1.82, 2.24) is 15.1 Å². The highest BCUT2D eigenvalue weighted by Crippen LogP contribution is 2.30. The van der Waals surface area contributed by atoms with E-state index in [0.717, 1.165) is 0 Å². The van der Waals surface area contributed by atoms with E-state index >= 15 is 0 Å². The van der Waals surface area contributed by atoms with Crippen molar-refractivity contribution in [2.24, 2.45) is 22.7 Å². The van der Waals surface area contributed by atoms with Crippen LogP contribution in [0.15, 0.2) is 0 Å². The lowest BCUT2D eigenvalue weighted by atomic mass is 9.81. The highest BCUT2D eigenvalue weighted by molar-refractivity contribution is 5.85. The third kappa shape index (κ3) is 6.44. The molecular weight excluding hydrogens is 374 g/mol. The second-order valence-electron chi connectivity index (χ2n) is 9.52. The zero-order valence-corrected chi connectivity index (χ0v) is 18.9. The molecule has 0 spiro atoms. The summed E-state index contributed by atoms with van der Waals surface area (Å²) in [5.74, 6) is -1.74. The van der Waals surface area contributed by atoms with Crippen LogP contribution in [0.5, 0.6) is 0 Å². The van der Waals surface area contributed by atoms with Gasteiger partial charge in [0.05, 0.1) is 5.41 Å². The molecule has 8 heteroatoms. The molecule has 29 heavy (non-hydrogen) atoms. The Kier molecular flexibility index (Phi) is 8.24. The third-order valence-electron chi connectivity index (χ3n) is 5.79. The molecule has 2 unspecified atom stereocenters. The standard InChI is InChI=1S/C21H37N3O5/c1-14(16(25)22-7)12-20(3,4)18(27)24-10-8-23(9-11-24)17(26)15(2)13-21(5,6)19(28)29/h14-15H,8-13H2,1-7H3,(H,22,25)(H,28,29). The van der Waals surface area contributed by atoms with E-state index in [1.807, 2.05) is 20.8 Å². The summed E-state index contributed by atoms with van der Waals surface area (Å²) < 4.78 is 0. The van der Waals surface area contributed by atoms with Crippen molar-refractivity contribution in [2.45, 2.75) is 54.4 Å². The SMILES string of the molecule is CNC(=O)C(C)CC(C)(C)C(=O)N1CCN(C(=O)C(C)CC(C)(C)C(=O)O)CC1. The van der Waals surface area contributed by atoms with Crippen LogP contribution in [0.4, 0.5) is 0 Å². The molecule has 1 heterocycles. The van der Waals surface area contributed by atoms with Crippen LogP contribution in [0.3, 0.4) is 0 Å². The molecule has 1 aliphatic heterocycles. The van der Waals surface area contributed by atoms with Crippen molar-refractivity contribution in [3.8, 4) is 0 Å². The van der Waals surface area contributed by atoms with E-state index in [4.69, 9.17) is 0 Å². The Morgan fingerprint density at radius 3 is 1.76 bits per heavy atom. The van der Waals surface area contributed by atoms with E-state index in [0.29, 0.717) is 32.6 Å². The van der Waals surface area contributed by atoms with Crippen LogP contribution in [-0.4, -0.2) is 71.8 Å². The zero-order valence-electron chi connectivity index (χ0n) is 18.9. The van der Waals surface area contributed by atoms with Gasteiger partial charge >= 0.3 is 5.97 Å². The highest BCUT2D eigenvalue weighted by atomic mass is 16.4. The second-order valence-corrected chi connectivity index (χ2v) is 9.52. The average Bonchev–Trinajstić information content (AvgIpc) is 2.65. The number of carboxylic acids is 1. The summed E-state index contributed by atoms with van der Waals surface area (Å²) in [5, 5.41) is 11.9. The summed E-state index contributed by atoms with van der Waals surface area (Å²) >= 11 is 0. The Labute approximate surface area is 174 Å². The van der Waals surface area contributed by atoms with Crippen molar-refractivity contribution < 1.29 is 24.3 Å². The third-order valence-corrected chi connectivity index (χ3v) is 5.79. The van der Waals surface area contributed by atoms with Crippen LogP contribution in [0.25, 0.3) is 0 Å². The first kappa shape index (κ1) is 24.9. The first-order valence-corrected chi connectivity index (χ1v) is 10.3. The fraction of sp³-hybridized carbons (Fsp3) is 0.810. The Morgan fingerprint density at radius 2 is 1.31 bits per heavy atom. The molecule has 0 saturated carbocycles. The van der Waals surface area contributed by atoms with Crippen molar-refractivity contribution in [1.29, 1.82) is 0 Å². The quantitative estimate of drug-likeness (QED) is 0.631. The largest absolute Gasteiger partial charge is 0.481 e. The molecule has 3 amide bonds. The number of nitrogens with one attached hydrogen (secondary N) is 1. The maximum Gasteiger partial charge on any atom is 0.309 e. The smallest absolute Gasteiger partial charge is 0.309 e. The monoisotopic (exact) mass is 411 g/mol. The molecule has 1 aliphatic rings. The van der Waals surface area contributed by atoms with Gasteiger partial charge in [-0.1, -0.05) is 27.7 Å². The van der Waals surface area contributed by atoms with Crippen LogP contribution < -0.4 is 5.32 Å². The predicted octanol–water partition coefficient (Wildman–Crippen LogP) is 1.59. The lowest BCUT2D eigenvalue weighted by molar-refractivity contribution is -0.151. The van der Waals surface area contributed by atoms with Gasteiger partial charge in [-0.15, -0.1) is 0 Å². The summed E-state index contributed by atoms with van der Waals surface area (Å²) in [6, 6.07) is 0. The first-order valence-electron chi connectivity index (χ1n) is 10.3. The molecule has 1 fully saturated rings. The second kappa shape index (κ2) is 9.59. The Bertz CT molecular complexity index is 636. The summed E-state index contributed by atoms with van der Waals surface area (Å²) in [5.41, 5.74) is -1.63. The summed E-state index contributed by atoms with van der Waals surface area (Å²) in [6.07, 6.45) is 0.719. The van der Waals surface area contributed by atoms with Crippen molar-refractivity contribution in [3.63, 3.8) is 0 Å². The van der Waals surface area contributed by atoms with E-state index in [-0.39, 0.29) is 30.1 Å². The van der Waals surface area contributed by atoms with Gasteiger partial charge in [-0.2, -0.15) is 0 Å². The minimum atomic E-state index is -0.960. The van der Waals surface area contributed by atoms with Gasteiger partial charge in [0.1, 0.15) is 0 Å². The molecule has 0 aromatic carbocycles. The Balaban J connectivity index is 2.64. The topological polar surface area (TPSA) is 107 Å². The van der Waals surface area contributed by atoms with Gasteiger partial charge < -0.3 is 20.2 Å². The molecule has 0 bridgehead atoms. The highest BCUT2D eigenvalue weighted by Gasteiger charge is 2.38. The zero-order chi connectivity index (χ0) is 22.6. The summed E-state index contributed by atoms with van der Waals surface area (Å²) in [7, 11) is 1.59. The molecule has 1 rings (SSSR count). The van der Waals surface area contributed by atoms with Gasteiger partial charge in [0, 0.05) is 50.5 Å². The maximum atomic E-state index is 13.0. The number of carbonyl (C=O) groups excluding carboxylic acids is 3. The van der Waals surface area contributed by atoms with Crippen LogP contribution in [-0.2, 0) is 19.2 Å². The number of carboxylic acid groups (broad SMARTS) is 1. The molecular formula is C21H37N3O5. The van der Waals surface area contributed by atoms with E-state index < -0.39 is 22.7 Å². The molecule has 0 aromatic rings. The number of hydrogen-bond acceptors (Lipinski definition) is 4. The minimum absolute atomic E-state index is 0.0135. The molecule has 0 radical (unpaired) electrons. The fourth-order valence-corrected chi connectivity index (χ4v) is 4.00. The average molecular weight is 412 g/mol. The van der Waals surface area contributed by atoms with Gasteiger partial charge in [-0.05, 0) is 26.7 Å². The lowest BCUT2D eigenvalue weighted by Gasteiger charge is -2.40. The van der Waals surface area contributed by atoms with E-state index in [9.17, 15) is 24.3 Å². The number of nitrogens with zero attached hydrogens (tertiary/aromatic N) is 2. The number of carbonyl (C=O) groups is 4. The van der Waals surface area contributed by atoms with Gasteiger partial charge in [0.25, 0.3) is 0 Å². The number of amides is 3.